The summed E-state index contributed by atoms with van der Waals surface area (Å²) in [5.74, 6) is -4.63. The SMILES string of the molecule is CC(NC(=O)C(CC(=O)Cc1ccccc1)Cc1ccccc1)C(=O)C(=O)NC(Cc1cc2ccccc2[nH]1)C(=O)CC(C)(C)C(N)=O. The van der Waals surface area contributed by atoms with Gasteiger partial charge in [0.25, 0.3) is 5.91 Å². The summed E-state index contributed by atoms with van der Waals surface area (Å²) < 4.78 is 0. The van der Waals surface area contributed by atoms with E-state index in [2.05, 4.69) is 15.6 Å². The van der Waals surface area contributed by atoms with Crippen LogP contribution in [0.5, 0.6) is 0 Å². The van der Waals surface area contributed by atoms with Crippen LogP contribution in [-0.4, -0.2) is 52.1 Å². The van der Waals surface area contributed by atoms with Crippen molar-refractivity contribution in [1.29, 1.82) is 0 Å². The summed E-state index contributed by atoms with van der Waals surface area (Å²) in [6, 6.07) is 25.4. The highest BCUT2D eigenvalue weighted by Gasteiger charge is 2.35. The van der Waals surface area contributed by atoms with Crippen molar-refractivity contribution in [3.63, 3.8) is 0 Å². The lowest BCUT2D eigenvalue weighted by Gasteiger charge is -2.24. The summed E-state index contributed by atoms with van der Waals surface area (Å²) >= 11 is 0. The third-order valence-electron chi connectivity index (χ3n) is 8.38. The van der Waals surface area contributed by atoms with E-state index in [9.17, 15) is 28.8 Å². The fraction of sp³-hybridized carbons (Fsp3) is 0.316. The first-order valence-electron chi connectivity index (χ1n) is 16.0. The van der Waals surface area contributed by atoms with Crippen molar-refractivity contribution < 1.29 is 28.8 Å². The zero-order valence-corrected chi connectivity index (χ0v) is 27.5. The van der Waals surface area contributed by atoms with Gasteiger partial charge < -0.3 is 21.4 Å². The number of benzene rings is 3. The predicted octanol–water partition coefficient (Wildman–Crippen LogP) is 3.80. The quantitative estimate of drug-likeness (QED) is 0.127. The lowest BCUT2D eigenvalue weighted by Crippen LogP contribution is -2.52. The molecule has 0 radical (unpaired) electrons. The number of nitrogens with one attached hydrogen (secondary N) is 3. The van der Waals surface area contributed by atoms with Gasteiger partial charge in [-0.1, -0.05) is 92.7 Å². The molecule has 4 aromatic rings. The molecule has 3 aromatic carbocycles. The van der Waals surface area contributed by atoms with Gasteiger partial charge in [-0.3, -0.25) is 28.8 Å². The normalized spacial score (nSPS) is 13.2. The molecule has 0 bridgehead atoms. The Balaban J connectivity index is 1.46. The van der Waals surface area contributed by atoms with E-state index in [1.807, 2.05) is 91.0 Å². The van der Waals surface area contributed by atoms with Crippen LogP contribution in [0, 0.1) is 11.3 Å². The molecule has 48 heavy (non-hydrogen) atoms. The zero-order valence-electron chi connectivity index (χ0n) is 27.5. The van der Waals surface area contributed by atoms with Crippen molar-refractivity contribution in [2.45, 2.75) is 65.0 Å². The number of rotatable bonds is 17. The van der Waals surface area contributed by atoms with Crippen LogP contribution in [0.3, 0.4) is 0 Å². The van der Waals surface area contributed by atoms with E-state index in [4.69, 9.17) is 5.73 Å². The molecule has 1 heterocycles. The van der Waals surface area contributed by atoms with E-state index >= 15 is 0 Å². The largest absolute Gasteiger partial charge is 0.369 e. The Morgan fingerprint density at radius 2 is 1.40 bits per heavy atom. The topological polar surface area (TPSA) is 168 Å². The van der Waals surface area contributed by atoms with E-state index in [-0.39, 0.29) is 37.9 Å². The lowest BCUT2D eigenvalue weighted by molar-refractivity contribution is -0.142. The second-order valence-electron chi connectivity index (χ2n) is 12.9. The van der Waals surface area contributed by atoms with Gasteiger partial charge in [0.05, 0.1) is 17.5 Å². The third-order valence-corrected chi connectivity index (χ3v) is 8.38. The first-order chi connectivity index (χ1) is 22.8. The van der Waals surface area contributed by atoms with Crippen molar-refractivity contribution in [3.05, 3.63) is 108 Å². The van der Waals surface area contributed by atoms with Crippen LogP contribution >= 0.6 is 0 Å². The molecule has 3 amide bonds. The van der Waals surface area contributed by atoms with Crippen LogP contribution in [0.25, 0.3) is 10.9 Å². The molecule has 0 aliphatic rings. The number of primary amides is 1. The van der Waals surface area contributed by atoms with Gasteiger partial charge in [-0.25, -0.2) is 0 Å². The summed E-state index contributed by atoms with van der Waals surface area (Å²) in [4.78, 5) is 81.7. The second-order valence-corrected chi connectivity index (χ2v) is 12.9. The molecule has 0 saturated carbocycles. The summed E-state index contributed by atoms with van der Waals surface area (Å²) in [6.45, 7) is 4.46. The Kier molecular flexibility index (Phi) is 11.8. The van der Waals surface area contributed by atoms with Crippen molar-refractivity contribution in [2.75, 3.05) is 0 Å². The average molecular weight is 651 g/mol. The number of carbonyl (C=O) groups excluding carboxylic acids is 6. The van der Waals surface area contributed by atoms with Crippen LogP contribution in [0.1, 0.15) is 50.4 Å². The van der Waals surface area contributed by atoms with Gasteiger partial charge in [-0.05, 0) is 42.0 Å². The highest BCUT2D eigenvalue weighted by molar-refractivity contribution is 6.38. The molecule has 0 fully saturated rings. The smallest absolute Gasteiger partial charge is 0.290 e. The van der Waals surface area contributed by atoms with Crippen molar-refractivity contribution >= 4 is 46.0 Å². The van der Waals surface area contributed by atoms with Gasteiger partial charge in [0.15, 0.2) is 5.78 Å². The van der Waals surface area contributed by atoms with Gasteiger partial charge in [0.2, 0.25) is 17.6 Å². The summed E-state index contributed by atoms with van der Waals surface area (Å²) in [5.41, 5.74) is 7.47. The van der Waals surface area contributed by atoms with E-state index in [0.29, 0.717) is 5.69 Å². The molecule has 3 unspecified atom stereocenters. The lowest BCUT2D eigenvalue weighted by atomic mass is 9.84. The third kappa shape index (κ3) is 9.81. The Hall–Kier alpha value is -5.38. The predicted molar refractivity (Wildman–Crippen MR) is 183 cm³/mol. The number of amides is 3. The molecule has 3 atom stereocenters. The summed E-state index contributed by atoms with van der Waals surface area (Å²) in [5, 5.41) is 6.06. The number of hydrogen-bond donors (Lipinski definition) is 4. The number of Topliss-reactive ketones (excluding diaryl/α,β-unsaturated/α-hetero) is 3. The number of carbonyl (C=O) groups is 6. The number of fused-ring (bicyclic) bond motifs is 1. The molecule has 0 saturated heterocycles. The molecule has 4 rings (SSSR count). The highest BCUT2D eigenvalue weighted by atomic mass is 16.2. The van der Waals surface area contributed by atoms with Crippen LogP contribution in [0.2, 0.25) is 0 Å². The van der Waals surface area contributed by atoms with Gasteiger partial charge in [-0.2, -0.15) is 0 Å². The number of aromatic amines is 1. The molecule has 0 spiro atoms. The first-order valence-corrected chi connectivity index (χ1v) is 16.0. The maximum Gasteiger partial charge on any atom is 0.290 e. The van der Waals surface area contributed by atoms with Crippen LogP contribution < -0.4 is 16.4 Å². The number of para-hydroxylation sites is 1. The van der Waals surface area contributed by atoms with Crippen molar-refractivity contribution in [2.24, 2.45) is 17.1 Å². The molecule has 1 aromatic heterocycles. The molecule has 10 nitrogen and oxygen atoms in total. The minimum atomic E-state index is -1.24. The van der Waals surface area contributed by atoms with E-state index < -0.39 is 52.7 Å². The van der Waals surface area contributed by atoms with E-state index in [0.717, 1.165) is 22.0 Å². The summed E-state index contributed by atoms with van der Waals surface area (Å²) in [6.07, 6.45) is 0.141. The molecular formula is C38H42N4O6. The Bertz CT molecular complexity index is 1750. The standard InChI is InChI=1S/C38H42N4O6/c1-24(40-35(46)28(18-25-12-6-4-7-13-25)21-30(43)19-26-14-8-5-9-15-26)34(45)36(47)42-32(33(44)23-38(2,3)37(39)48)22-29-20-27-16-10-11-17-31(27)41-29/h4-17,20,24,28,32,41H,18-19,21-23H2,1-3H3,(H2,39,48)(H,40,46)(H,42,47). The monoisotopic (exact) mass is 650 g/mol. The maximum atomic E-state index is 13.5. The fourth-order valence-electron chi connectivity index (χ4n) is 5.50. The van der Waals surface area contributed by atoms with Crippen LogP contribution in [-0.2, 0) is 48.0 Å². The number of aromatic nitrogens is 1. The molecule has 10 heteroatoms. The number of ketones is 3. The average Bonchev–Trinajstić information content (AvgIpc) is 3.47. The van der Waals surface area contributed by atoms with Gasteiger partial charge >= 0.3 is 0 Å². The second kappa shape index (κ2) is 15.9. The summed E-state index contributed by atoms with van der Waals surface area (Å²) in [7, 11) is 0. The highest BCUT2D eigenvalue weighted by Crippen LogP contribution is 2.23. The fourth-order valence-corrected chi connectivity index (χ4v) is 5.50. The number of hydrogen-bond acceptors (Lipinski definition) is 6. The zero-order chi connectivity index (χ0) is 34.8. The van der Waals surface area contributed by atoms with E-state index in [1.54, 1.807) is 0 Å². The van der Waals surface area contributed by atoms with Crippen LogP contribution in [0.4, 0.5) is 0 Å². The molecule has 0 aliphatic heterocycles. The number of nitrogens with two attached hydrogens (primary N) is 1. The molecule has 5 N–H and O–H groups in total. The van der Waals surface area contributed by atoms with Gasteiger partial charge in [0.1, 0.15) is 5.78 Å². The van der Waals surface area contributed by atoms with E-state index in [1.165, 1.54) is 20.8 Å². The molecule has 250 valence electrons. The maximum absolute atomic E-state index is 13.5. The Morgan fingerprint density at radius 3 is 2.02 bits per heavy atom. The molecule has 0 aliphatic carbocycles. The van der Waals surface area contributed by atoms with Gasteiger partial charge in [-0.15, -0.1) is 0 Å². The van der Waals surface area contributed by atoms with Crippen molar-refractivity contribution in [3.8, 4) is 0 Å². The van der Waals surface area contributed by atoms with Crippen molar-refractivity contribution in [1.82, 2.24) is 15.6 Å². The number of H-pyrrole nitrogens is 1. The van der Waals surface area contributed by atoms with Crippen LogP contribution in [0.15, 0.2) is 91.0 Å². The Labute approximate surface area is 279 Å². The van der Waals surface area contributed by atoms with Gasteiger partial charge in [0, 0.05) is 42.8 Å². The first kappa shape index (κ1) is 35.5. The minimum Gasteiger partial charge on any atom is -0.369 e. The Morgan fingerprint density at radius 1 is 0.792 bits per heavy atom. The minimum absolute atomic E-state index is 0.0325. The molecular weight excluding hydrogens is 608 g/mol.